The first-order valence-electron chi connectivity index (χ1n) is 7.55. The molecule has 1 aromatic rings. The highest BCUT2D eigenvalue weighted by Gasteiger charge is 2.56. The van der Waals surface area contributed by atoms with Gasteiger partial charge in [-0.25, -0.2) is 13.6 Å². The van der Waals surface area contributed by atoms with Gasteiger partial charge in [0.05, 0.1) is 12.8 Å². The Morgan fingerprint density at radius 1 is 1.60 bits per heavy atom. The fraction of sp³-hybridized carbons (Fsp3) is 0.600. The molecule has 1 aliphatic rings. The second-order valence-corrected chi connectivity index (χ2v) is 5.60. The predicted molar refractivity (Wildman–Crippen MR) is 88.1 cm³/mol. The molecule has 4 N–H and O–H groups in total. The van der Waals surface area contributed by atoms with Crippen molar-refractivity contribution < 1.29 is 23.7 Å². The maximum atomic E-state index is 13.6. The topological polar surface area (TPSA) is 111 Å². The Morgan fingerprint density at radius 3 is 2.72 bits per heavy atom. The number of rotatable bonds is 2. The molecular formula is C15H20ClF2N3O4. The van der Waals surface area contributed by atoms with E-state index in [-0.39, 0.29) is 0 Å². The summed E-state index contributed by atoms with van der Waals surface area (Å²) in [4.78, 5) is 13.2. The van der Waals surface area contributed by atoms with Gasteiger partial charge in [0.2, 0.25) is 0 Å². The molecule has 1 aromatic heterocycles. The largest absolute Gasteiger partial charge is 0.394 e. The Kier molecular flexibility index (Phi) is 7.31. The summed E-state index contributed by atoms with van der Waals surface area (Å²) in [5, 5.41) is 19.4. The van der Waals surface area contributed by atoms with E-state index >= 15 is 0 Å². The summed E-state index contributed by atoms with van der Waals surface area (Å²) in [5.41, 5.74) is 4.19. The first-order valence-corrected chi connectivity index (χ1v) is 7.92. The molecule has 1 fully saturated rings. The van der Waals surface area contributed by atoms with Crippen LogP contribution in [-0.2, 0) is 4.74 Å². The molecule has 2 heterocycles. The number of aliphatic hydroxyl groups is 2. The average Bonchev–Trinajstić information content (AvgIpc) is 2.83. The van der Waals surface area contributed by atoms with Crippen LogP contribution in [0, 0.1) is 17.7 Å². The smallest absolute Gasteiger partial charge is 0.351 e. The number of aliphatic hydroxyl groups excluding tert-OH is 2. The number of nitrogens with zero attached hydrogens (tertiary/aromatic N) is 2. The lowest BCUT2D eigenvalue weighted by molar-refractivity contribution is -0.0467. The van der Waals surface area contributed by atoms with Crippen molar-refractivity contribution in [3.8, 4) is 11.8 Å². The molecule has 0 amide bonds. The average molecular weight is 380 g/mol. The molecule has 25 heavy (non-hydrogen) atoms. The van der Waals surface area contributed by atoms with Crippen LogP contribution >= 0.6 is 11.6 Å². The second-order valence-electron chi connectivity index (χ2n) is 4.97. The Hall–Kier alpha value is -1.73. The van der Waals surface area contributed by atoms with Crippen molar-refractivity contribution in [2.45, 2.75) is 50.3 Å². The van der Waals surface area contributed by atoms with Crippen LogP contribution in [-0.4, -0.2) is 49.6 Å². The van der Waals surface area contributed by atoms with Gasteiger partial charge in [-0.3, -0.25) is 4.57 Å². The van der Waals surface area contributed by atoms with Gasteiger partial charge in [0.15, 0.2) is 28.9 Å². The van der Waals surface area contributed by atoms with Gasteiger partial charge in [-0.1, -0.05) is 37.3 Å². The molecule has 0 aromatic carbocycles. The van der Waals surface area contributed by atoms with Crippen LogP contribution in [0.3, 0.4) is 0 Å². The number of aromatic nitrogens is 2. The number of nitrogens with two attached hydrogens (primary N) is 1. The molecule has 0 saturated carbocycles. The van der Waals surface area contributed by atoms with E-state index in [1.54, 1.807) is 0 Å². The lowest BCUT2D eigenvalue weighted by Gasteiger charge is -2.25. The molecule has 10 heteroatoms. The molecule has 1 aliphatic heterocycles. The van der Waals surface area contributed by atoms with Crippen molar-refractivity contribution in [3.05, 3.63) is 22.5 Å². The summed E-state index contributed by atoms with van der Waals surface area (Å²) >= 11 is 6.24. The summed E-state index contributed by atoms with van der Waals surface area (Å²) in [7, 11) is 0. The van der Waals surface area contributed by atoms with Crippen molar-refractivity contribution >= 4 is 17.4 Å². The second kappa shape index (κ2) is 8.58. The summed E-state index contributed by atoms with van der Waals surface area (Å²) in [6.45, 7) is 4.50. The minimum atomic E-state index is -1.98. The number of ether oxygens (including phenoxy) is 1. The highest BCUT2D eigenvalue weighted by atomic mass is 35.5. The van der Waals surface area contributed by atoms with Gasteiger partial charge in [-0.15, -0.1) is 0 Å². The number of alkyl halides is 2. The van der Waals surface area contributed by atoms with E-state index in [1.807, 2.05) is 13.8 Å². The third kappa shape index (κ3) is 4.27. The van der Waals surface area contributed by atoms with E-state index in [4.69, 9.17) is 22.1 Å². The highest BCUT2D eigenvalue weighted by Crippen LogP contribution is 2.42. The predicted octanol–water partition coefficient (Wildman–Crippen LogP) is 0.580. The van der Waals surface area contributed by atoms with Crippen LogP contribution < -0.4 is 11.4 Å². The van der Waals surface area contributed by atoms with Gasteiger partial charge < -0.3 is 20.7 Å². The molecule has 4 unspecified atom stereocenters. The zero-order valence-electron chi connectivity index (χ0n) is 13.9. The number of hydrogen-bond acceptors (Lipinski definition) is 6. The molecule has 140 valence electrons. The van der Waals surface area contributed by atoms with Crippen molar-refractivity contribution in [3.63, 3.8) is 0 Å². The minimum Gasteiger partial charge on any atom is -0.394 e. The molecule has 0 aliphatic carbocycles. The number of halogens is 3. The van der Waals surface area contributed by atoms with E-state index in [9.17, 15) is 23.8 Å². The maximum absolute atomic E-state index is 13.6. The van der Waals surface area contributed by atoms with Crippen LogP contribution in [0.4, 0.5) is 14.6 Å². The summed E-state index contributed by atoms with van der Waals surface area (Å²) in [6, 6.07) is 0. The fourth-order valence-corrected chi connectivity index (χ4v) is 2.49. The quantitative estimate of drug-likeness (QED) is 0.512. The standard InChI is InChI=1S/C13H14ClF2N3O4.C2H6/c1-6(15)2-3-13(14)9(21)8(5-20)23-11(13)19-4-7(16)10(17)18-12(19)22;1-2/h4,6,8-9,11,20-21H,5H2,1H3,(H2,17,18,22);1-2H3/t6?,8?,9-,11?,13?;/m0./s1. The number of nitrogen functional groups attached to an aromatic ring is 1. The molecule has 0 radical (unpaired) electrons. The van der Waals surface area contributed by atoms with Crippen LogP contribution in [0.25, 0.3) is 0 Å². The van der Waals surface area contributed by atoms with Gasteiger partial charge in [0.25, 0.3) is 0 Å². The van der Waals surface area contributed by atoms with Crippen molar-refractivity contribution in [1.82, 2.24) is 9.55 Å². The highest BCUT2D eigenvalue weighted by molar-refractivity contribution is 6.27. The van der Waals surface area contributed by atoms with E-state index in [2.05, 4.69) is 16.8 Å². The Labute approximate surface area is 148 Å². The van der Waals surface area contributed by atoms with Crippen molar-refractivity contribution in [2.24, 2.45) is 0 Å². The lowest BCUT2D eigenvalue weighted by Crippen LogP contribution is -2.43. The normalized spacial score (nSPS) is 29.2. The molecular weight excluding hydrogens is 360 g/mol. The van der Waals surface area contributed by atoms with Crippen molar-refractivity contribution in [2.75, 3.05) is 12.3 Å². The Bertz CT molecular complexity index is 719. The Balaban J connectivity index is 0.00000151. The van der Waals surface area contributed by atoms with Gasteiger partial charge in [0.1, 0.15) is 12.2 Å². The third-order valence-electron chi connectivity index (χ3n) is 3.28. The van der Waals surface area contributed by atoms with Gasteiger partial charge >= 0.3 is 5.69 Å². The third-order valence-corrected chi connectivity index (χ3v) is 3.78. The summed E-state index contributed by atoms with van der Waals surface area (Å²) < 4.78 is 32.5. The molecule has 0 spiro atoms. The van der Waals surface area contributed by atoms with E-state index in [1.165, 1.54) is 0 Å². The van der Waals surface area contributed by atoms with Gasteiger partial charge in [-0.05, 0) is 6.92 Å². The fourth-order valence-electron chi connectivity index (χ4n) is 2.14. The van der Waals surface area contributed by atoms with Crippen LogP contribution in [0.15, 0.2) is 11.0 Å². The van der Waals surface area contributed by atoms with Gasteiger partial charge in [-0.2, -0.15) is 4.98 Å². The summed E-state index contributed by atoms with van der Waals surface area (Å²) in [5.74, 6) is 2.79. The molecule has 0 bridgehead atoms. The summed E-state index contributed by atoms with van der Waals surface area (Å²) in [6.07, 6.45) is -5.13. The van der Waals surface area contributed by atoms with Gasteiger partial charge in [0, 0.05) is 0 Å². The molecule has 7 nitrogen and oxygen atoms in total. The first-order chi connectivity index (χ1) is 11.7. The van der Waals surface area contributed by atoms with E-state index in [0.717, 1.165) is 6.92 Å². The van der Waals surface area contributed by atoms with Crippen LogP contribution in [0.5, 0.6) is 0 Å². The zero-order valence-corrected chi connectivity index (χ0v) is 14.7. The van der Waals surface area contributed by atoms with Crippen molar-refractivity contribution in [1.29, 1.82) is 0 Å². The monoisotopic (exact) mass is 379 g/mol. The first kappa shape index (κ1) is 21.3. The number of hydrogen-bond donors (Lipinski definition) is 3. The maximum Gasteiger partial charge on any atom is 0.351 e. The Morgan fingerprint density at radius 2 is 2.20 bits per heavy atom. The zero-order chi connectivity index (χ0) is 19.4. The minimum absolute atomic E-state index is 0.618. The van der Waals surface area contributed by atoms with E-state index in [0.29, 0.717) is 10.8 Å². The van der Waals surface area contributed by atoms with Crippen LogP contribution in [0.1, 0.15) is 27.0 Å². The molecule has 2 rings (SSSR count). The lowest BCUT2D eigenvalue weighted by atomic mass is 9.99. The molecule has 5 atom stereocenters. The van der Waals surface area contributed by atoms with Crippen LogP contribution in [0.2, 0.25) is 0 Å². The number of anilines is 1. The SMILES string of the molecule is CC.CC(F)C#CC1(Cl)C(n2cc(F)c(N)nc2=O)OC(CO)[C@@H]1O. The van der Waals surface area contributed by atoms with E-state index < -0.39 is 53.4 Å². The molecule has 1 saturated heterocycles.